The van der Waals surface area contributed by atoms with Crippen molar-refractivity contribution in [3.63, 3.8) is 0 Å². The van der Waals surface area contributed by atoms with E-state index in [1.165, 1.54) is 0 Å². The third kappa shape index (κ3) is 7.46. The number of nitrogens with two attached hydrogens (primary N) is 1. The number of ether oxygens (including phenoxy) is 1. The number of rotatable bonds is 10. The molecule has 3 N–H and O–H groups in total. The second-order valence-electron chi connectivity index (χ2n) is 6.19. The molecule has 0 aliphatic carbocycles. The number of carbonyl (C=O) groups is 1. The van der Waals surface area contributed by atoms with E-state index in [0.29, 0.717) is 13.0 Å². The number of para-hydroxylation sites is 1. The molecule has 0 atom stereocenters. The van der Waals surface area contributed by atoms with E-state index in [9.17, 15) is 4.79 Å². The van der Waals surface area contributed by atoms with Gasteiger partial charge in [-0.15, -0.1) is 12.4 Å². The van der Waals surface area contributed by atoms with E-state index in [-0.39, 0.29) is 18.3 Å². The Kier molecular flexibility index (Phi) is 10.4. The molecule has 2 aromatic carbocycles. The molecule has 2 rings (SSSR count). The summed E-state index contributed by atoms with van der Waals surface area (Å²) in [6.07, 6.45) is 4.63. The molecule has 0 radical (unpaired) electrons. The molecule has 0 aromatic heterocycles. The third-order valence-corrected chi connectivity index (χ3v) is 4.22. The van der Waals surface area contributed by atoms with Crippen molar-refractivity contribution in [2.75, 3.05) is 11.9 Å². The van der Waals surface area contributed by atoms with Crippen LogP contribution in [0.15, 0.2) is 48.5 Å². The van der Waals surface area contributed by atoms with E-state index in [4.69, 9.17) is 10.5 Å². The molecule has 0 unspecified atom stereocenters. The number of anilines is 1. The van der Waals surface area contributed by atoms with Gasteiger partial charge in [0.05, 0.1) is 0 Å². The Labute approximate surface area is 162 Å². The molecule has 1 amide bonds. The van der Waals surface area contributed by atoms with Crippen LogP contribution in [0.1, 0.15) is 43.2 Å². The van der Waals surface area contributed by atoms with Gasteiger partial charge in [0.25, 0.3) is 0 Å². The third-order valence-electron chi connectivity index (χ3n) is 4.22. The molecule has 0 spiro atoms. The lowest BCUT2D eigenvalue weighted by Gasteiger charge is -2.13. The van der Waals surface area contributed by atoms with Crippen LogP contribution in [-0.2, 0) is 11.4 Å². The quantitative estimate of drug-likeness (QED) is 0.583. The maximum absolute atomic E-state index is 12.1. The molecule has 0 heterocycles. The summed E-state index contributed by atoms with van der Waals surface area (Å²) in [6, 6.07) is 15.7. The van der Waals surface area contributed by atoms with E-state index in [0.717, 1.165) is 54.8 Å². The van der Waals surface area contributed by atoms with Crippen LogP contribution in [0.4, 0.5) is 5.69 Å². The fourth-order valence-electron chi connectivity index (χ4n) is 2.65. The van der Waals surface area contributed by atoms with E-state index in [1.807, 2.05) is 55.5 Å². The van der Waals surface area contributed by atoms with Gasteiger partial charge < -0.3 is 15.8 Å². The summed E-state index contributed by atoms with van der Waals surface area (Å²) < 4.78 is 5.81. The van der Waals surface area contributed by atoms with Crippen LogP contribution >= 0.6 is 12.4 Å². The predicted molar refractivity (Wildman–Crippen MR) is 110 cm³/mol. The van der Waals surface area contributed by atoms with Crippen molar-refractivity contribution in [3.8, 4) is 5.75 Å². The van der Waals surface area contributed by atoms with Crippen molar-refractivity contribution in [2.45, 2.75) is 45.6 Å². The van der Waals surface area contributed by atoms with Gasteiger partial charge in [-0.05, 0) is 55.6 Å². The molecule has 5 heteroatoms. The number of nitrogens with one attached hydrogen (secondary N) is 1. The second kappa shape index (κ2) is 12.3. The summed E-state index contributed by atoms with van der Waals surface area (Å²) in [5.74, 6) is 0.908. The summed E-state index contributed by atoms with van der Waals surface area (Å²) in [5.41, 5.74) is 8.46. The molecule has 26 heavy (non-hydrogen) atoms. The first-order chi connectivity index (χ1) is 12.2. The van der Waals surface area contributed by atoms with Crippen molar-refractivity contribution < 1.29 is 9.53 Å². The van der Waals surface area contributed by atoms with Gasteiger partial charge in [0.15, 0.2) is 0 Å². The molecule has 0 aliphatic heterocycles. The Hall–Kier alpha value is -2.04. The highest BCUT2D eigenvalue weighted by molar-refractivity contribution is 5.91. The summed E-state index contributed by atoms with van der Waals surface area (Å²) in [4.78, 5) is 12.1. The fourth-order valence-corrected chi connectivity index (χ4v) is 2.65. The maximum atomic E-state index is 12.1. The van der Waals surface area contributed by atoms with Crippen LogP contribution < -0.4 is 15.8 Å². The van der Waals surface area contributed by atoms with E-state index < -0.39 is 0 Å². The highest BCUT2D eigenvalue weighted by Crippen LogP contribution is 2.21. The van der Waals surface area contributed by atoms with Gasteiger partial charge in [0.2, 0.25) is 5.91 Å². The van der Waals surface area contributed by atoms with E-state index in [1.54, 1.807) is 0 Å². The van der Waals surface area contributed by atoms with Crippen LogP contribution in [0.25, 0.3) is 0 Å². The molecule has 0 bridgehead atoms. The summed E-state index contributed by atoms with van der Waals surface area (Å²) in [5, 5.41) is 3.02. The molecule has 2 aromatic rings. The zero-order chi connectivity index (χ0) is 17.9. The highest BCUT2D eigenvalue weighted by Gasteiger charge is 2.08. The van der Waals surface area contributed by atoms with Gasteiger partial charge in [-0.25, -0.2) is 0 Å². The monoisotopic (exact) mass is 376 g/mol. The Morgan fingerprint density at radius 2 is 1.73 bits per heavy atom. The molecular formula is C21H29ClN2O2. The first-order valence-corrected chi connectivity index (χ1v) is 8.97. The van der Waals surface area contributed by atoms with Crippen molar-refractivity contribution in [1.82, 2.24) is 0 Å². The van der Waals surface area contributed by atoms with Crippen molar-refractivity contribution >= 4 is 24.0 Å². The average molecular weight is 377 g/mol. The van der Waals surface area contributed by atoms with Crippen molar-refractivity contribution in [1.29, 1.82) is 0 Å². The van der Waals surface area contributed by atoms with Gasteiger partial charge in [-0.2, -0.15) is 0 Å². The Morgan fingerprint density at radius 3 is 2.46 bits per heavy atom. The Bertz CT molecular complexity index is 662. The number of unbranched alkanes of at least 4 members (excludes halogenated alkanes) is 3. The number of hydrogen-bond donors (Lipinski definition) is 2. The first kappa shape index (κ1) is 22.0. The van der Waals surface area contributed by atoms with Crippen molar-refractivity contribution in [3.05, 3.63) is 59.7 Å². The molecule has 0 fully saturated rings. The Balaban J connectivity index is 0.00000338. The van der Waals surface area contributed by atoms with E-state index >= 15 is 0 Å². The number of halogens is 1. The van der Waals surface area contributed by atoms with Crippen LogP contribution in [0.5, 0.6) is 5.75 Å². The normalized spacial score (nSPS) is 10.1. The number of carbonyl (C=O) groups excluding carboxylic acids is 1. The summed E-state index contributed by atoms with van der Waals surface area (Å²) in [6.45, 7) is 3.22. The van der Waals surface area contributed by atoms with E-state index in [2.05, 4.69) is 5.32 Å². The second-order valence-corrected chi connectivity index (χ2v) is 6.19. The summed E-state index contributed by atoms with van der Waals surface area (Å²) >= 11 is 0. The van der Waals surface area contributed by atoms with Gasteiger partial charge in [0.1, 0.15) is 12.4 Å². The van der Waals surface area contributed by atoms with Gasteiger partial charge >= 0.3 is 0 Å². The first-order valence-electron chi connectivity index (χ1n) is 8.97. The minimum atomic E-state index is 0. The standard InChI is InChI=1S/C21H28N2O2.ClH/c1-17-18(16-25-19-11-5-4-6-12-19)10-9-13-20(17)23-21(24)14-7-2-3-8-15-22;/h4-6,9-13H,2-3,7-8,14-16,22H2,1H3,(H,23,24);1H. The predicted octanol–water partition coefficient (Wildman–Crippen LogP) is 4.84. The molecule has 0 saturated carbocycles. The van der Waals surface area contributed by atoms with Gasteiger partial charge in [-0.3, -0.25) is 4.79 Å². The van der Waals surface area contributed by atoms with Crippen LogP contribution in [-0.4, -0.2) is 12.5 Å². The van der Waals surface area contributed by atoms with Crippen LogP contribution in [0, 0.1) is 6.92 Å². The van der Waals surface area contributed by atoms with Gasteiger partial charge in [0, 0.05) is 12.1 Å². The highest BCUT2D eigenvalue weighted by atomic mass is 35.5. The smallest absolute Gasteiger partial charge is 0.224 e. The zero-order valence-corrected chi connectivity index (χ0v) is 16.2. The SMILES string of the molecule is Cc1c(COc2ccccc2)cccc1NC(=O)CCCCCCN.Cl. The fraction of sp³-hybridized carbons (Fsp3) is 0.381. The minimum Gasteiger partial charge on any atom is -0.489 e. The average Bonchev–Trinajstić information content (AvgIpc) is 2.63. The molecule has 4 nitrogen and oxygen atoms in total. The number of benzene rings is 2. The molecule has 142 valence electrons. The number of hydrogen-bond acceptors (Lipinski definition) is 3. The Morgan fingerprint density at radius 1 is 1.00 bits per heavy atom. The van der Waals surface area contributed by atoms with Crippen molar-refractivity contribution in [2.24, 2.45) is 5.73 Å². The van der Waals surface area contributed by atoms with Crippen LogP contribution in [0.3, 0.4) is 0 Å². The number of amides is 1. The maximum Gasteiger partial charge on any atom is 0.224 e. The largest absolute Gasteiger partial charge is 0.489 e. The van der Waals surface area contributed by atoms with Gasteiger partial charge in [-0.1, -0.05) is 43.2 Å². The summed E-state index contributed by atoms with van der Waals surface area (Å²) in [7, 11) is 0. The lowest BCUT2D eigenvalue weighted by atomic mass is 10.1. The molecular weight excluding hydrogens is 348 g/mol. The molecule has 0 saturated heterocycles. The lowest BCUT2D eigenvalue weighted by molar-refractivity contribution is -0.116. The topological polar surface area (TPSA) is 64.3 Å². The minimum absolute atomic E-state index is 0. The van der Waals surface area contributed by atoms with Crippen LogP contribution in [0.2, 0.25) is 0 Å². The lowest BCUT2D eigenvalue weighted by Crippen LogP contribution is -2.13. The molecule has 0 aliphatic rings. The zero-order valence-electron chi connectivity index (χ0n) is 15.4.